The number of aromatic nitrogens is 1. The number of carbonyl (C=O) groups excluding carboxylic acids is 2. The molecule has 30 heavy (non-hydrogen) atoms. The van der Waals surface area contributed by atoms with Crippen LogP contribution in [0, 0.1) is 0 Å². The van der Waals surface area contributed by atoms with Crippen LogP contribution in [-0.2, 0) is 16.0 Å². The zero-order valence-electron chi connectivity index (χ0n) is 17.6. The van der Waals surface area contributed by atoms with Gasteiger partial charge in [0.15, 0.2) is 0 Å². The topological polar surface area (TPSA) is 92.8 Å². The molecule has 3 rings (SSSR count). The molecule has 1 aliphatic heterocycles. The molecule has 8 heteroatoms. The molecule has 0 spiro atoms. The molecular formula is C22H28N4O4. The zero-order valence-corrected chi connectivity index (χ0v) is 17.6. The van der Waals surface area contributed by atoms with E-state index in [9.17, 15) is 9.59 Å². The van der Waals surface area contributed by atoms with Gasteiger partial charge in [0, 0.05) is 37.1 Å². The van der Waals surface area contributed by atoms with Gasteiger partial charge in [-0.1, -0.05) is 0 Å². The van der Waals surface area contributed by atoms with Crippen molar-refractivity contribution in [2.75, 3.05) is 36.5 Å². The van der Waals surface area contributed by atoms with Crippen molar-refractivity contribution in [3.63, 3.8) is 0 Å². The first-order chi connectivity index (χ1) is 14.3. The van der Waals surface area contributed by atoms with Crippen LogP contribution in [0.15, 0.2) is 42.6 Å². The van der Waals surface area contributed by atoms with Gasteiger partial charge in [0.2, 0.25) is 0 Å². The second kappa shape index (κ2) is 9.58. The number of pyridine rings is 1. The maximum Gasteiger partial charge on any atom is 0.412 e. The highest BCUT2D eigenvalue weighted by Gasteiger charge is 2.16. The monoisotopic (exact) mass is 412 g/mol. The van der Waals surface area contributed by atoms with Crippen LogP contribution >= 0.6 is 0 Å². The smallest absolute Gasteiger partial charge is 0.412 e. The lowest BCUT2D eigenvalue weighted by atomic mass is 10.2. The second-order valence-corrected chi connectivity index (χ2v) is 8.01. The van der Waals surface area contributed by atoms with Gasteiger partial charge in [0.1, 0.15) is 11.4 Å². The third-order valence-electron chi connectivity index (χ3n) is 4.39. The fourth-order valence-electron chi connectivity index (χ4n) is 2.95. The number of carbonyl (C=O) groups is 2. The van der Waals surface area contributed by atoms with Crippen LogP contribution in [0.4, 0.5) is 16.3 Å². The summed E-state index contributed by atoms with van der Waals surface area (Å²) in [7, 11) is 0. The van der Waals surface area contributed by atoms with E-state index in [1.165, 1.54) is 0 Å². The third-order valence-corrected chi connectivity index (χ3v) is 4.39. The van der Waals surface area contributed by atoms with Crippen molar-refractivity contribution in [2.45, 2.75) is 32.9 Å². The van der Waals surface area contributed by atoms with Crippen molar-refractivity contribution in [1.29, 1.82) is 0 Å². The van der Waals surface area contributed by atoms with Crippen LogP contribution in [0.1, 0.15) is 36.7 Å². The van der Waals surface area contributed by atoms with Gasteiger partial charge < -0.3 is 19.7 Å². The van der Waals surface area contributed by atoms with Crippen LogP contribution in [0.5, 0.6) is 0 Å². The molecule has 1 fully saturated rings. The lowest BCUT2D eigenvalue weighted by Gasteiger charge is -2.28. The number of morpholine rings is 1. The number of ether oxygens (including phenoxy) is 2. The summed E-state index contributed by atoms with van der Waals surface area (Å²) in [5, 5.41) is 5.56. The highest BCUT2D eigenvalue weighted by molar-refractivity contribution is 5.95. The van der Waals surface area contributed by atoms with Gasteiger partial charge in [0.05, 0.1) is 13.2 Å². The molecule has 1 saturated heterocycles. The highest BCUT2D eigenvalue weighted by atomic mass is 16.6. The number of benzene rings is 1. The van der Waals surface area contributed by atoms with E-state index >= 15 is 0 Å². The van der Waals surface area contributed by atoms with E-state index < -0.39 is 11.7 Å². The van der Waals surface area contributed by atoms with E-state index in [0.29, 0.717) is 31.0 Å². The summed E-state index contributed by atoms with van der Waals surface area (Å²) < 4.78 is 10.6. The van der Waals surface area contributed by atoms with Gasteiger partial charge in [-0.3, -0.25) is 10.1 Å². The minimum atomic E-state index is -0.571. The Balaban J connectivity index is 1.53. The van der Waals surface area contributed by atoms with Crippen molar-refractivity contribution in [3.05, 3.63) is 53.7 Å². The number of nitrogens with zero attached hydrogens (tertiary/aromatic N) is 2. The van der Waals surface area contributed by atoms with Gasteiger partial charge in [-0.05, 0) is 62.7 Å². The number of hydrogen-bond donors (Lipinski definition) is 2. The minimum absolute atomic E-state index is 0.191. The molecule has 1 aromatic carbocycles. The van der Waals surface area contributed by atoms with Crippen molar-refractivity contribution in [1.82, 2.24) is 10.3 Å². The van der Waals surface area contributed by atoms with Crippen LogP contribution in [-0.4, -0.2) is 48.9 Å². The standard InChI is InChI=1S/C22H28N4O4/c1-22(2,3)30-21(28)25-18-6-4-17(5-7-18)20(27)24-15-16-8-9-23-19(14-16)26-10-12-29-13-11-26/h4-9,14H,10-13,15H2,1-3H3,(H,24,27)(H,25,28). The lowest BCUT2D eigenvalue weighted by molar-refractivity contribution is 0.0635. The molecule has 1 aromatic heterocycles. The van der Waals surface area contributed by atoms with Crippen molar-refractivity contribution in [2.24, 2.45) is 0 Å². The summed E-state index contributed by atoms with van der Waals surface area (Å²) in [6, 6.07) is 10.5. The minimum Gasteiger partial charge on any atom is -0.444 e. The first-order valence-corrected chi connectivity index (χ1v) is 9.96. The predicted molar refractivity (Wildman–Crippen MR) is 115 cm³/mol. The number of hydrogen-bond acceptors (Lipinski definition) is 6. The molecule has 2 aromatic rings. The molecule has 0 saturated carbocycles. The van der Waals surface area contributed by atoms with Gasteiger partial charge >= 0.3 is 6.09 Å². The van der Waals surface area contributed by atoms with Gasteiger partial charge in [0.25, 0.3) is 5.91 Å². The fourth-order valence-corrected chi connectivity index (χ4v) is 2.95. The Labute approximate surface area is 176 Å². The molecule has 0 bridgehead atoms. The van der Waals surface area contributed by atoms with E-state index in [4.69, 9.17) is 9.47 Å². The van der Waals surface area contributed by atoms with Crippen LogP contribution in [0.2, 0.25) is 0 Å². The van der Waals surface area contributed by atoms with Crippen molar-refractivity contribution in [3.8, 4) is 0 Å². The summed E-state index contributed by atoms with van der Waals surface area (Å²) in [6.45, 7) is 8.81. The Hall–Kier alpha value is -3.13. The molecule has 2 N–H and O–H groups in total. The summed E-state index contributed by atoms with van der Waals surface area (Å²) in [4.78, 5) is 30.9. The number of nitrogens with one attached hydrogen (secondary N) is 2. The van der Waals surface area contributed by atoms with Crippen LogP contribution in [0.25, 0.3) is 0 Å². The largest absolute Gasteiger partial charge is 0.444 e. The Kier molecular flexibility index (Phi) is 6.89. The maximum atomic E-state index is 12.5. The maximum absolute atomic E-state index is 12.5. The Bertz CT molecular complexity index is 871. The zero-order chi connectivity index (χ0) is 21.6. The second-order valence-electron chi connectivity index (χ2n) is 8.01. The first kappa shape index (κ1) is 21.6. The average Bonchev–Trinajstić information content (AvgIpc) is 2.72. The first-order valence-electron chi connectivity index (χ1n) is 9.96. The third kappa shape index (κ3) is 6.45. The van der Waals surface area contributed by atoms with Crippen molar-refractivity contribution >= 4 is 23.5 Å². The summed E-state index contributed by atoms with van der Waals surface area (Å²) in [5.41, 5.74) is 1.47. The molecule has 2 amide bonds. The molecule has 0 atom stereocenters. The normalized spacial score (nSPS) is 14.2. The van der Waals surface area contributed by atoms with E-state index in [0.717, 1.165) is 24.5 Å². The summed E-state index contributed by atoms with van der Waals surface area (Å²) in [6.07, 6.45) is 1.22. The molecule has 1 aliphatic rings. The quantitative estimate of drug-likeness (QED) is 0.784. The van der Waals surface area contributed by atoms with Crippen LogP contribution in [0.3, 0.4) is 0 Å². The molecule has 8 nitrogen and oxygen atoms in total. The van der Waals surface area contributed by atoms with E-state index in [-0.39, 0.29) is 5.91 Å². The predicted octanol–water partition coefficient (Wildman–Crippen LogP) is 3.20. The lowest BCUT2D eigenvalue weighted by Crippen LogP contribution is -2.36. The van der Waals surface area contributed by atoms with Crippen LogP contribution < -0.4 is 15.5 Å². The van der Waals surface area contributed by atoms with Crippen molar-refractivity contribution < 1.29 is 19.1 Å². The van der Waals surface area contributed by atoms with E-state index in [1.807, 2.05) is 12.1 Å². The molecule has 160 valence electrons. The molecule has 0 aliphatic carbocycles. The van der Waals surface area contributed by atoms with Gasteiger partial charge in [-0.15, -0.1) is 0 Å². The average molecular weight is 412 g/mol. The Morgan fingerprint density at radius 2 is 1.83 bits per heavy atom. The fraction of sp³-hybridized carbons (Fsp3) is 0.409. The number of anilines is 2. The molecule has 2 heterocycles. The summed E-state index contributed by atoms with van der Waals surface area (Å²) >= 11 is 0. The van der Waals surface area contributed by atoms with E-state index in [1.54, 1.807) is 51.2 Å². The Morgan fingerprint density at radius 1 is 1.13 bits per heavy atom. The van der Waals surface area contributed by atoms with Gasteiger partial charge in [-0.2, -0.15) is 0 Å². The molecular weight excluding hydrogens is 384 g/mol. The SMILES string of the molecule is CC(C)(C)OC(=O)Nc1ccc(C(=O)NCc2ccnc(N3CCOCC3)c2)cc1. The van der Waals surface area contributed by atoms with E-state index in [2.05, 4.69) is 20.5 Å². The number of rotatable bonds is 5. The molecule has 0 unspecified atom stereocenters. The number of amides is 2. The van der Waals surface area contributed by atoms with Gasteiger partial charge in [-0.25, -0.2) is 9.78 Å². The highest BCUT2D eigenvalue weighted by Crippen LogP contribution is 2.15. The summed E-state index contributed by atoms with van der Waals surface area (Å²) in [5.74, 6) is 0.700. The molecule has 0 radical (unpaired) electrons. The Morgan fingerprint density at radius 3 is 2.50 bits per heavy atom.